The largest absolute Gasteiger partial charge is 0.410 e. The van der Waals surface area contributed by atoms with Gasteiger partial charge in [0.15, 0.2) is 8.32 Å². The topological polar surface area (TPSA) is 41.5 Å². The van der Waals surface area contributed by atoms with Crippen molar-refractivity contribution >= 4 is 8.32 Å². The van der Waals surface area contributed by atoms with Crippen molar-refractivity contribution < 1.29 is 9.53 Å². The van der Waals surface area contributed by atoms with E-state index in [1.807, 2.05) is 30.5 Å². The highest BCUT2D eigenvalue weighted by molar-refractivity contribution is 6.74. The Balaban J connectivity index is 1.46. The number of hydrogen-bond acceptors (Lipinski definition) is 3. The van der Waals surface area contributed by atoms with Crippen LogP contribution in [0.3, 0.4) is 0 Å². The van der Waals surface area contributed by atoms with Crippen LogP contribution in [0, 0.1) is 0 Å². The summed E-state index contributed by atoms with van der Waals surface area (Å²) in [5.41, 5.74) is 6.61. The van der Waals surface area contributed by atoms with Crippen LogP contribution in [0.15, 0.2) is 121 Å². The van der Waals surface area contributed by atoms with E-state index in [1.54, 1.807) is 0 Å². The molecule has 4 heteroatoms. The molecule has 2 atom stereocenters. The lowest BCUT2D eigenvalue weighted by Gasteiger charge is -2.39. The van der Waals surface area contributed by atoms with Gasteiger partial charge in [-0.1, -0.05) is 144 Å². The molecular weight excluding hydrogens is 555 g/mol. The molecule has 4 aromatic carbocycles. The lowest BCUT2D eigenvalue weighted by Crippen LogP contribution is -2.42. The molecule has 0 fully saturated rings. The molecule has 2 unspecified atom stereocenters. The van der Waals surface area contributed by atoms with Gasteiger partial charge < -0.3 is 14.8 Å². The van der Waals surface area contributed by atoms with Gasteiger partial charge >= 0.3 is 0 Å². The zero-order valence-corrected chi connectivity index (χ0v) is 28.5. The fraction of sp³-hybridized carbons (Fsp3) is 0.350. The van der Waals surface area contributed by atoms with Gasteiger partial charge in [-0.15, -0.1) is 0 Å². The fourth-order valence-corrected chi connectivity index (χ4v) is 7.73. The monoisotopic (exact) mass is 603 g/mol. The second-order valence-corrected chi connectivity index (χ2v) is 19.2. The van der Waals surface area contributed by atoms with Crippen molar-refractivity contribution in [2.24, 2.45) is 0 Å². The van der Waals surface area contributed by atoms with Crippen LogP contribution >= 0.6 is 0 Å². The number of fused-ring (bicyclic) bond motifs is 1. The van der Waals surface area contributed by atoms with Crippen molar-refractivity contribution in [2.75, 3.05) is 0 Å². The minimum atomic E-state index is -1.99. The smallest absolute Gasteiger partial charge is 0.192 e. The highest BCUT2D eigenvalue weighted by Crippen LogP contribution is 2.51. The predicted octanol–water partition coefficient (Wildman–Crippen LogP) is 9.43. The Labute approximate surface area is 266 Å². The average Bonchev–Trinajstić information content (AvgIpc) is 3.25. The lowest BCUT2D eigenvalue weighted by molar-refractivity contribution is 0.166. The second-order valence-electron chi connectivity index (χ2n) is 14.5. The van der Waals surface area contributed by atoms with Gasteiger partial charge in [0.1, 0.15) is 5.54 Å². The first-order valence-corrected chi connectivity index (χ1v) is 18.8. The van der Waals surface area contributed by atoms with Crippen LogP contribution in [0.5, 0.6) is 0 Å². The molecule has 2 N–H and O–H groups in total. The van der Waals surface area contributed by atoms with Crippen LogP contribution in [0.2, 0.25) is 18.1 Å². The third kappa shape index (κ3) is 6.35. The van der Waals surface area contributed by atoms with Crippen LogP contribution in [-0.2, 0) is 21.8 Å². The fourth-order valence-electron chi connectivity index (χ4n) is 6.46. The molecule has 4 aromatic rings. The standard InChI is InChI=1S/C40H49NO2Si/c1-38(2,3)44(6,7)43-36-29-39(4,5)35-25-17-18-30(37(35)36)28-34(42)26-27-41-40(31-19-11-8-12-20-31,32-21-13-9-14-22-32)33-23-15-10-16-24-33/h8-27,34,36,41-42H,28-29H2,1-7H3. The molecule has 0 saturated carbocycles. The van der Waals surface area contributed by atoms with Gasteiger partial charge in [-0.2, -0.15) is 0 Å². The van der Waals surface area contributed by atoms with Crippen molar-refractivity contribution in [3.63, 3.8) is 0 Å². The molecule has 0 radical (unpaired) electrons. The maximum Gasteiger partial charge on any atom is 0.192 e. The third-order valence-corrected chi connectivity index (χ3v) is 14.3. The van der Waals surface area contributed by atoms with Crippen LogP contribution in [0.1, 0.15) is 80.5 Å². The molecule has 0 bridgehead atoms. The van der Waals surface area contributed by atoms with Crippen molar-refractivity contribution in [3.8, 4) is 0 Å². The van der Waals surface area contributed by atoms with Crippen molar-refractivity contribution in [1.29, 1.82) is 0 Å². The summed E-state index contributed by atoms with van der Waals surface area (Å²) in [5.74, 6) is 0. The van der Waals surface area contributed by atoms with E-state index in [0.29, 0.717) is 6.42 Å². The molecule has 0 aromatic heterocycles. The maximum absolute atomic E-state index is 11.5. The van der Waals surface area contributed by atoms with E-state index < -0.39 is 20.0 Å². The Morgan fingerprint density at radius 3 is 1.80 bits per heavy atom. The summed E-state index contributed by atoms with van der Waals surface area (Å²) in [7, 11) is -1.99. The SMILES string of the molecule is CC1(C)CC(O[Si](C)(C)C(C)(C)C)c2c(CC(O)C=CNC(c3ccccc3)(c3ccccc3)c3ccccc3)cccc21. The lowest BCUT2D eigenvalue weighted by atomic mass is 9.77. The highest BCUT2D eigenvalue weighted by Gasteiger charge is 2.45. The number of aliphatic hydroxyl groups excluding tert-OH is 1. The Morgan fingerprint density at radius 1 is 0.818 bits per heavy atom. The molecule has 0 amide bonds. The zero-order valence-electron chi connectivity index (χ0n) is 27.5. The number of aliphatic hydroxyl groups is 1. The van der Waals surface area contributed by atoms with Crippen molar-refractivity contribution in [3.05, 3.63) is 155 Å². The molecule has 3 nitrogen and oxygen atoms in total. The third-order valence-electron chi connectivity index (χ3n) is 9.85. The number of benzene rings is 4. The Kier molecular flexibility index (Phi) is 9.09. The molecule has 0 spiro atoms. The minimum Gasteiger partial charge on any atom is -0.410 e. The number of hydrogen-bond donors (Lipinski definition) is 2. The van der Waals surface area contributed by atoms with E-state index in [9.17, 15) is 5.11 Å². The number of nitrogens with one attached hydrogen (secondary N) is 1. The first-order chi connectivity index (χ1) is 20.8. The number of rotatable bonds is 10. The van der Waals surface area contributed by atoms with E-state index in [-0.39, 0.29) is 16.6 Å². The molecule has 44 heavy (non-hydrogen) atoms. The molecule has 5 rings (SSSR count). The summed E-state index contributed by atoms with van der Waals surface area (Å²) in [5, 5.41) is 15.4. The first kappa shape index (κ1) is 32.0. The van der Waals surface area contributed by atoms with E-state index >= 15 is 0 Å². The Bertz CT molecular complexity index is 1460. The Morgan fingerprint density at radius 2 is 1.32 bits per heavy atom. The van der Waals surface area contributed by atoms with Crippen LogP contribution in [0.25, 0.3) is 0 Å². The van der Waals surface area contributed by atoms with E-state index in [0.717, 1.165) is 23.1 Å². The molecular formula is C40H49NO2Si. The summed E-state index contributed by atoms with van der Waals surface area (Å²) < 4.78 is 7.05. The van der Waals surface area contributed by atoms with Crippen LogP contribution in [0.4, 0.5) is 0 Å². The second kappa shape index (κ2) is 12.5. The minimum absolute atomic E-state index is 0.0291. The predicted molar refractivity (Wildman–Crippen MR) is 186 cm³/mol. The average molecular weight is 604 g/mol. The molecule has 1 aliphatic rings. The van der Waals surface area contributed by atoms with Crippen molar-refractivity contribution in [1.82, 2.24) is 5.32 Å². The maximum atomic E-state index is 11.5. The zero-order chi connectivity index (χ0) is 31.6. The van der Waals surface area contributed by atoms with Gasteiger partial charge in [0.05, 0.1) is 12.2 Å². The molecule has 0 aliphatic heterocycles. The quantitative estimate of drug-likeness (QED) is 0.140. The summed E-state index contributed by atoms with van der Waals surface area (Å²) in [4.78, 5) is 0. The van der Waals surface area contributed by atoms with Crippen molar-refractivity contribution in [2.45, 2.75) is 88.8 Å². The van der Waals surface area contributed by atoms with Gasteiger partial charge in [-0.05, 0) is 75.6 Å². The molecule has 230 valence electrons. The molecule has 0 heterocycles. The van der Waals surface area contributed by atoms with E-state index in [4.69, 9.17) is 4.43 Å². The normalized spacial score (nSPS) is 17.4. The summed E-state index contributed by atoms with van der Waals surface area (Å²) in [6.07, 6.45) is 4.72. The molecule has 1 aliphatic carbocycles. The van der Waals surface area contributed by atoms with Crippen LogP contribution in [-0.4, -0.2) is 19.5 Å². The summed E-state index contributed by atoms with van der Waals surface area (Å²) in [6.45, 7) is 16.2. The van der Waals surface area contributed by atoms with E-state index in [1.165, 1.54) is 16.7 Å². The molecule has 0 saturated heterocycles. The summed E-state index contributed by atoms with van der Waals surface area (Å²) in [6, 6.07) is 38.2. The van der Waals surface area contributed by atoms with Gasteiger partial charge in [-0.3, -0.25) is 0 Å². The summed E-state index contributed by atoms with van der Waals surface area (Å²) >= 11 is 0. The Hall–Kier alpha value is -3.44. The first-order valence-electron chi connectivity index (χ1n) is 15.9. The van der Waals surface area contributed by atoms with Crippen LogP contribution < -0.4 is 5.32 Å². The highest BCUT2D eigenvalue weighted by atomic mass is 28.4. The van der Waals surface area contributed by atoms with Gasteiger partial charge in [0.2, 0.25) is 0 Å². The van der Waals surface area contributed by atoms with Gasteiger partial charge in [0.25, 0.3) is 0 Å². The van der Waals surface area contributed by atoms with Gasteiger partial charge in [-0.25, -0.2) is 0 Å². The van der Waals surface area contributed by atoms with Gasteiger partial charge in [0, 0.05) is 6.42 Å². The van der Waals surface area contributed by atoms with E-state index in [2.05, 4.69) is 144 Å².